The van der Waals surface area contributed by atoms with Gasteiger partial charge in [0.25, 0.3) is 0 Å². The summed E-state index contributed by atoms with van der Waals surface area (Å²) >= 11 is 0. The van der Waals surface area contributed by atoms with E-state index in [1.54, 1.807) is 12.1 Å². The molecule has 116 valence electrons. The largest absolute Gasteiger partial charge is 0.470 e. The minimum Gasteiger partial charge on any atom is -0.470 e. The zero-order valence-electron chi connectivity index (χ0n) is 13.0. The van der Waals surface area contributed by atoms with Crippen LogP contribution in [0.15, 0.2) is 12.1 Å². The third kappa shape index (κ3) is 4.51. The Labute approximate surface area is 125 Å². The molecule has 1 saturated heterocycles. The number of ether oxygens (including phenoxy) is 1. The molecule has 1 aromatic heterocycles. The van der Waals surface area contributed by atoms with Crippen molar-refractivity contribution in [2.45, 2.75) is 39.2 Å². The van der Waals surface area contributed by atoms with Crippen molar-refractivity contribution in [2.75, 3.05) is 30.7 Å². The number of hydrogen-bond donors (Lipinski definition) is 2. The van der Waals surface area contributed by atoms with Crippen molar-refractivity contribution in [3.63, 3.8) is 0 Å². The van der Waals surface area contributed by atoms with Gasteiger partial charge in [0, 0.05) is 13.1 Å². The van der Waals surface area contributed by atoms with Crippen molar-refractivity contribution in [2.24, 2.45) is 0 Å². The lowest BCUT2D eigenvalue weighted by Gasteiger charge is -2.22. The van der Waals surface area contributed by atoms with Crippen molar-refractivity contribution in [1.29, 1.82) is 0 Å². The molecule has 0 saturated carbocycles. The number of likely N-dealkylation sites (tertiary alicyclic amines) is 1. The van der Waals surface area contributed by atoms with Crippen LogP contribution in [0.4, 0.5) is 11.5 Å². The number of amides is 1. The quantitative estimate of drug-likeness (QED) is 0.885. The van der Waals surface area contributed by atoms with Crippen LogP contribution in [0.25, 0.3) is 0 Å². The molecular weight excluding hydrogens is 268 g/mol. The molecule has 2 heterocycles. The Bertz CT molecular complexity index is 505. The Morgan fingerprint density at radius 1 is 1.38 bits per heavy atom. The molecule has 0 radical (unpaired) electrons. The molecule has 6 heteroatoms. The zero-order valence-corrected chi connectivity index (χ0v) is 13.0. The summed E-state index contributed by atoms with van der Waals surface area (Å²) in [5.41, 5.74) is 5.98. The lowest BCUT2D eigenvalue weighted by atomic mass is 10.2. The number of rotatable bonds is 4. The van der Waals surface area contributed by atoms with Crippen LogP contribution in [-0.4, -0.2) is 41.0 Å². The Kier molecular flexibility index (Phi) is 4.55. The van der Waals surface area contributed by atoms with Gasteiger partial charge in [0.15, 0.2) is 0 Å². The van der Waals surface area contributed by atoms with E-state index in [1.807, 2.05) is 25.7 Å². The lowest BCUT2D eigenvalue weighted by molar-refractivity contribution is -0.128. The molecule has 21 heavy (non-hydrogen) atoms. The van der Waals surface area contributed by atoms with Crippen molar-refractivity contribution in [3.8, 4) is 5.88 Å². The van der Waals surface area contributed by atoms with Crippen molar-refractivity contribution >= 4 is 17.4 Å². The number of nitrogen functional groups attached to an aromatic ring is 1. The van der Waals surface area contributed by atoms with Crippen LogP contribution in [0.5, 0.6) is 5.88 Å². The first-order valence-corrected chi connectivity index (χ1v) is 7.32. The van der Waals surface area contributed by atoms with Gasteiger partial charge in [-0.15, -0.1) is 0 Å². The van der Waals surface area contributed by atoms with E-state index in [2.05, 4.69) is 10.3 Å². The van der Waals surface area contributed by atoms with Gasteiger partial charge in [-0.25, -0.2) is 0 Å². The Morgan fingerprint density at radius 3 is 2.67 bits per heavy atom. The summed E-state index contributed by atoms with van der Waals surface area (Å²) in [7, 11) is 0. The second kappa shape index (κ2) is 6.20. The third-order valence-electron chi connectivity index (χ3n) is 3.17. The average Bonchev–Trinajstić information content (AvgIpc) is 2.91. The molecule has 1 aromatic rings. The Morgan fingerprint density at radius 2 is 2.05 bits per heavy atom. The molecule has 0 atom stereocenters. The monoisotopic (exact) mass is 292 g/mol. The maximum atomic E-state index is 12.0. The fraction of sp³-hybridized carbons (Fsp3) is 0.600. The predicted octanol–water partition coefficient (Wildman–Crippen LogP) is 1.88. The molecule has 1 aliphatic heterocycles. The number of hydrogen-bond acceptors (Lipinski definition) is 5. The molecule has 1 aliphatic rings. The summed E-state index contributed by atoms with van der Waals surface area (Å²) in [6.07, 6.45) is 2.19. The molecule has 1 amide bonds. The van der Waals surface area contributed by atoms with Gasteiger partial charge < -0.3 is 20.7 Å². The molecule has 6 nitrogen and oxygen atoms in total. The van der Waals surface area contributed by atoms with Gasteiger partial charge in [-0.2, -0.15) is 4.98 Å². The number of nitrogens with zero attached hydrogens (tertiary/aromatic N) is 2. The van der Waals surface area contributed by atoms with Gasteiger partial charge in [0.1, 0.15) is 11.4 Å². The molecular formula is C15H24N4O2. The smallest absolute Gasteiger partial charge is 0.241 e. The number of aromatic nitrogens is 1. The number of nitrogens with two attached hydrogens (primary N) is 1. The second-order valence-electron chi connectivity index (χ2n) is 6.25. The van der Waals surface area contributed by atoms with E-state index in [-0.39, 0.29) is 18.1 Å². The highest BCUT2D eigenvalue weighted by molar-refractivity contribution is 5.80. The Balaban J connectivity index is 1.97. The van der Waals surface area contributed by atoms with E-state index < -0.39 is 0 Å². The summed E-state index contributed by atoms with van der Waals surface area (Å²) in [6, 6.07) is 3.48. The number of carbonyl (C=O) groups is 1. The van der Waals surface area contributed by atoms with Gasteiger partial charge in [-0.05, 0) is 45.7 Å². The topological polar surface area (TPSA) is 80.5 Å². The predicted molar refractivity (Wildman–Crippen MR) is 83.3 cm³/mol. The second-order valence-corrected chi connectivity index (χ2v) is 6.25. The number of pyridine rings is 1. The lowest BCUT2D eigenvalue weighted by Crippen LogP contribution is -2.33. The molecule has 1 fully saturated rings. The van der Waals surface area contributed by atoms with Crippen LogP contribution >= 0.6 is 0 Å². The first-order valence-electron chi connectivity index (χ1n) is 7.32. The summed E-state index contributed by atoms with van der Waals surface area (Å²) in [5.74, 6) is 1.08. The van der Waals surface area contributed by atoms with Crippen LogP contribution in [0.2, 0.25) is 0 Å². The van der Waals surface area contributed by atoms with Crippen LogP contribution in [0, 0.1) is 0 Å². The van der Waals surface area contributed by atoms with Crippen molar-refractivity contribution in [1.82, 2.24) is 9.88 Å². The minimum atomic E-state index is -0.370. The molecule has 0 bridgehead atoms. The van der Waals surface area contributed by atoms with Crippen molar-refractivity contribution in [3.05, 3.63) is 12.1 Å². The molecule has 0 aromatic carbocycles. The standard InChI is InChI=1S/C15H24N4O2/c1-15(2,3)21-14-11(16)6-7-12(18-14)17-10-13(20)19-8-4-5-9-19/h6-7H,4-5,8-10,16H2,1-3H3,(H,17,18). The highest BCUT2D eigenvalue weighted by Crippen LogP contribution is 2.24. The van der Waals surface area contributed by atoms with Crippen LogP contribution < -0.4 is 15.8 Å². The minimum absolute atomic E-state index is 0.101. The number of nitrogens with one attached hydrogen (secondary N) is 1. The summed E-state index contributed by atoms with van der Waals surface area (Å²) < 4.78 is 5.71. The highest BCUT2D eigenvalue weighted by atomic mass is 16.5. The van der Waals surface area contributed by atoms with E-state index in [4.69, 9.17) is 10.5 Å². The molecule has 2 rings (SSSR count). The van der Waals surface area contributed by atoms with Gasteiger partial charge >= 0.3 is 0 Å². The zero-order chi connectivity index (χ0) is 15.5. The summed E-state index contributed by atoms with van der Waals surface area (Å²) in [5, 5.41) is 3.04. The molecule has 0 unspecified atom stereocenters. The third-order valence-corrected chi connectivity index (χ3v) is 3.17. The normalized spacial score (nSPS) is 15.1. The fourth-order valence-corrected chi connectivity index (χ4v) is 2.17. The first-order chi connectivity index (χ1) is 9.85. The van der Waals surface area contributed by atoms with E-state index in [1.165, 1.54) is 0 Å². The van der Waals surface area contributed by atoms with Gasteiger partial charge in [0.05, 0.1) is 12.2 Å². The first kappa shape index (κ1) is 15.4. The van der Waals surface area contributed by atoms with E-state index in [9.17, 15) is 4.79 Å². The summed E-state index contributed by atoms with van der Waals surface area (Å²) in [4.78, 5) is 18.2. The van der Waals surface area contributed by atoms with Crippen molar-refractivity contribution < 1.29 is 9.53 Å². The van der Waals surface area contributed by atoms with Crippen LogP contribution in [0.3, 0.4) is 0 Å². The number of carbonyl (C=O) groups excluding carboxylic acids is 1. The SMILES string of the molecule is CC(C)(C)Oc1nc(NCC(=O)N2CCCC2)ccc1N. The maximum absolute atomic E-state index is 12.0. The van der Waals surface area contributed by atoms with E-state index in [0.29, 0.717) is 17.4 Å². The van der Waals surface area contributed by atoms with Gasteiger partial charge in [-0.1, -0.05) is 0 Å². The van der Waals surface area contributed by atoms with E-state index in [0.717, 1.165) is 25.9 Å². The van der Waals surface area contributed by atoms with E-state index >= 15 is 0 Å². The highest BCUT2D eigenvalue weighted by Gasteiger charge is 2.18. The van der Waals surface area contributed by atoms with Gasteiger partial charge in [0.2, 0.25) is 11.8 Å². The van der Waals surface area contributed by atoms with Crippen LogP contribution in [0.1, 0.15) is 33.6 Å². The van der Waals surface area contributed by atoms with Gasteiger partial charge in [-0.3, -0.25) is 4.79 Å². The average molecular weight is 292 g/mol. The molecule has 3 N–H and O–H groups in total. The Hall–Kier alpha value is -1.98. The number of anilines is 2. The maximum Gasteiger partial charge on any atom is 0.241 e. The fourth-order valence-electron chi connectivity index (χ4n) is 2.17. The van der Waals surface area contributed by atoms with Crippen LogP contribution in [-0.2, 0) is 4.79 Å². The molecule has 0 aliphatic carbocycles. The summed E-state index contributed by atoms with van der Waals surface area (Å²) in [6.45, 7) is 7.76. The molecule has 0 spiro atoms.